The predicted molar refractivity (Wildman–Crippen MR) is 256 cm³/mol. The Kier molecular flexibility index (Phi) is 8.87. The van der Waals surface area contributed by atoms with Crippen LogP contribution in [0.25, 0.3) is 77.3 Å². The van der Waals surface area contributed by atoms with Crippen molar-refractivity contribution in [2.75, 3.05) is 0 Å². The van der Waals surface area contributed by atoms with Gasteiger partial charge in [0.2, 0.25) is 0 Å². The van der Waals surface area contributed by atoms with Gasteiger partial charge in [-0.3, -0.25) is 0 Å². The van der Waals surface area contributed by atoms with Crippen LogP contribution in [0.5, 0.6) is 0 Å². The van der Waals surface area contributed by atoms with Crippen LogP contribution >= 0.6 is 0 Å². The lowest BCUT2D eigenvalue weighted by Crippen LogP contribution is -2.74. The van der Waals surface area contributed by atoms with E-state index >= 15 is 0 Å². The van der Waals surface area contributed by atoms with E-state index in [1.807, 2.05) is 6.07 Å². The fraction of sp³-hybridized carbons (Fsp3) is 0. The van der Waals surface area contributed by atoms with Gasteiger partial charge in [-0.05, 0) is 87.8 Å². The second kappa shape index (κ2) is 15.0. The predicted octanol–water partition coefficient (Wildman–Crippen LogP) is 11.9. The van der Waals surface area contributed by atoms with E-state index in [2.05, 4.69) is 236 Å². The highest BCUT2D eigenvalue weighted by Gasteiger charge is 2.41. The topological polar surface area (TPSA) is 28.7 Å². The molecule has 0 saturated carbocycles. The van der Waals surface area contributed by atoms with E-state index in [-0.39, 0.29) is 0 Å². The molecule has 0 saturated heterocycles. The fourth-order valence-electron chi connectivity index (χ4n) is 9.45. The Morgan fingerprint density at radius 3 is 1.17 bits per heavy atom. The summed E-state index contributed by atoms with van der Waals surface area (Å²) in [5, 5.41) is 10.4. The number of imidazole rings is 1. The minimum atomic E-state index is -2.76. The van der Waals surface area contributed by atoms with Crippen LogP contribution in [0.3, 0.4) is 0 Å². The molecule has 60 heavy (non-hydrogen) atoms. The standard InChI is InChI=1S/C57H40N2Si/c1-5-17-40(18-6-1)41-29-34-47(35-30-41)60(45-21-9-3-10-22-45,46-23-11-4-12-24-46)48-36-31-42(32-37-48)55-49-25-13-15-27-51(49)56(52-28-16-14-26-50(52)55)44-33-38-53-54(39-44)59-57(58-53)43-19-7-2-8-20-43/h1-39H,(H,58,59). The van der Waals surface area contributed by atoms with Gasteiger partial charge < -0.3 is 4.98 Å². The molecule has 1 N–H and O–H groups in total. The van der Waals surface area contributed by atoms with Crippen molar-refractivity contribution in [3.63, 3.8) is 0 Å². The van der Waals surface area contributed by atoms with E-state index in [4.69, 9.17) is 4.98 Å². The summed E-state index contributed by atoms with van der Waals surface area (Å²) in [6.07, 6.45) is 0. The molecule has 11 rings (SSSR count). The molecule has 2 nitrogen and oxygen atoms in total. The van der Waals surface area contributed by atoms with E-state index in [9.17, 15) is 0 Å². The van der Waals surface area contributed by atoms with Gasteiger partial charge in [0.15, 0.2) is 8.07 Å². The number of aromatic nitrogens is 2. The van der Waals surface area contributed by atoms with Crippen LogP contribution in [0, 0.1) is 0 Å². The van der Waals surface area contributed by atoms with Gasteiger partial charge in [0.1, 0.15) is 5.82 Å². The largest absolute Gasteiger partial charge is 0.338 e. The maximum absolute atomic E-state index is 5.05. The van der Waals surface area contributed by atoms with Crippen molar-refractivity contribution in [1.29, 1.82) is 0 Å². The minimum absolute atomic E-state index is 0.882. The van der Waals surface area contributed by atoms with Crippen molar-refractivity contribution in [2.45, 2.75) is 0 Å². The monoisotopic (exact) mass is 780 g/mol. The Morgan fingerprint density at radius 2 is 0.667 bits per heavy atom. The highest BCUT2D eigenvalue weighted by Crippen LogP contribution is 2.44. The maximum Gasteiger partial charge on any atom is 0.179 e. The molecule has 0 bridgehead atoms. The first-order valence-corrected chi connectivity index (χ1v) is 22.6. The quantitative estimate of drug-likeness (QED) is 0.0929. The molecule has 0 radical (unpaired) electrons. The summed E-state index contributed by atoms with van der Waals surface area (Å²) in [5.74, 6) is 0.882. The van der Waals surface area contributed by atoms with Crippen LogP contribution in [-0.4, -0.2) is 18.0 Å². The van der Waals surface area contributed by atoms with Gasteiger partial charge in [0.05, 0.1) is 11.0 Å². The third-order valence-electron chi connectivity index (χ3n) is 12.2. The van der Waals surface area contributed by atoms with Crippen molar-refractivity contribution < 1.29 is 0 Å². The molecule has 11 aromatic rings. The number of hydrogen-bond donors (Lipinski definition) is 1. The lowest BCUT2D eigenvalue weighted by Gasteiger charge is -2.34. The number of aromatic amines is 1. The van der Waals surface area contributed by atoms with Crippen molar-refractivity contribution in [2.24, 2.45) is 0 Å². The van der Waals surface area contributed by atoms with Crippen molar-refractivity contribution in [3.05, 3.63) is 237 Å². The first-order chi connectivity index (χ1) is 29.8. The summed E-state index contributed by atoms with van der Waals surface area (Å²) in [7, 11) is -2.76. The number of benzene rings is 10. The second-order valence-corrected chi connectivity index (χ2v) is 19.3. The van der Waals surface area contributed by atoms with Gasteiger partial charge in [-0.2, -0.15) is 0 Å². The van der Waals surface area contributed by atoms with Crippen LogP contribution in [-0.2, 0) is 0 Å². The molecule has 282 valence electrons. The summed E-state index contributed by atoms with van der Waals surface area (Å²) in [6, 6.07) is 86.8. The molecule has 1 aromatic heterocycles. The van der Waals surface area contributed by atoms with Crippen LogP contribution in [0.15, 0.2) is 237 Å². The molecule has 0 aliphatic rings. The minimum Gasteiger partial charge on any atom is -0.338 e. The van der Waals surface area contributed by atoms with Crippen molar-refractivity contribution in [3.8, 4) is 44.8 Å². The summed E-state index contributed by atoms with van der Waals surface area (Å²) in [5.41, 5.74) is 10.4. The summed E-state index contributed by atoms with van der Waals surface area (Å²) in [6.45, 7) is 0. The highest BCUT2D eigenvalue weighted by molar-refractivity contribution is 7.19. The van der Waals surface area contributed by atoms with Crippen LogP contribution < -0.4 is 20.7 Å². The number of nitrogens with one attached hydrogen (secondary N) is 1. The van der Waals surface area contributed by atoms with Gasteiger partial charge in [-0.1, -0.05) is 224 Å². The lowest BCUT2D eigenvalue weighted by molar-refractivity contribution is 1.34. The molecule has 10 aromatic carbocycles. The third-order valence-corrected chi connectivity index (χ3v) is 17.0. The Bertz CT molecular complexity index is 3170. The van der Waals surface area contributed by atoms with Gasteiger partial charge >= 0.3 is 0 Å². The molecule has 3 heteroatoms. The average molecular weight is 781 g/mol. The molecule has 0 unspecified atom stereocenters. The van der Waals surface area contributed by atoms with E-state index in [0.29, 0.717) is 0 Å². The van der Waals surface area contributed by atoms with Gasteiger partial charge in [-0.15, -0.1) is 0 Å². The fourth-order valence-corrected chi connectivity index (χ4v) is 14.2. The zero-order valence-electron chi connectivity index (χ0n) is 33.0. The van der Waals surface area contributed by atoms with E-state index in [1.54, 1.807) is 0 Å². The number of hydrogen-bond acceptors (Lipinski definition) is 1. The number of H-pyrrole nitrogens is 1. The van der Waals surface area contributed by atoms with Gasteiger partial charge in [-0.25, -0.2) is 4.98 Å². The molecule has 0 aliphatic heterocycles. The zero-order chi connectivity index (χ0) is 39.9. The third kappa shape index (κ3) is 5.98. The molecule has 0 atom stereocenters. The second-order valence-electron chi connectivity index (χ2n) is 15.5. The molecule has 0 fully saturated rings. The Balaban J connectivity index is 1.09. The van der Waals surface area contributed by atoms with E-state index in [0.717, 1.165) is 28.0 Å². The Labute approximate surface area is 351 Å². The number of rotatable bonds is 8. The molecule has 0 amide bonds. The normalized spacial score (nSPS) is 11.7. The first-order valence-electron chi connectivity index (χ1n) is 20.6. The van der Waals surface area contributed by atoms with Gasteiger partial charge in [0, 0.05) is 5.56 Å². The first kappa shape index (κ1) is 35.6. The van der Waals surface area contributed by atoms with E-state index < -0.39 is 8.07 Å². The summed E-state index contributed by atoms with van der Waals surface area (Å²) in [4.78, 5) is 8.60. The van der Waals surface area contributed by atoms with Gasteiger partial charge in [0.25, 0.3) is 0 Å². The Hall–Kier alpha value is -7.59. The van der Waals surface area contributed by atoms with Crippen molar-refractivity contribution >= 4 is 61.4 Å². The summed E-state index contributed by atoms with van der Waals surface area (Å²) >= 11 is 0. The van der Waals surface area contributed by atoms with Crippen LogP contribution in [0.4, 0.5) is 0 Å². The smallest absolute Gasteiger partial charge is 0.179 e. The lowest BCUT2D eigenvalue weighted by atomic mass is 9.86. The molecule has 0 spiro atoms. The van der Waals surface area contributed by atoms with Crippen LogP contribution in [0.1, 0.15) is 0 Å². The number of nitrogens with zero attached hydrogens (tertiary/aromatic N) is 1. The molecule has 0 aliphatic carbocycles. The highest BCUT2D eigenvalue weighted by atomic mass is 28.3. The molecular weight excluding hydrogens is 741 g/mol. The SMILES string of the molecule is c1ccc(-c2ccc([Si](c3ccccc3)(c3ccccc3)c3ccc(-c4c5ccccc5c(-c5ccc6[nH]c(-c7ccccc7)nc6c5)c5ccccc45)cc3)cc2)cc1. The molecular formula is C57H40N2Si. The van der Waals surface area contributed by atoms with Crippen molar-refractivity contribution in [1.82, 2.24) is 9.97 Å². The Morgan fingerprint density at radius 1 is 0.300 bits per heavy atom. The summed E-state index contributed by atoms with van der Waals surface area (Å²) < 4.78 is 0. The molecule has 1 heterocycles. The number of fused-ring (bicyclic) bond motifs is 3. The zero-order valence-corrected chi connectivity index (χ0v) is 34.0. The van der Waals surface area contributed by atoms with E-state index in [1.165, 1.54) is 70.1 Å². The van der Waals surface area contributed by atoms with Crippen LogP contribution in [0.2, 0.25) is 0 Å². The average Bonchev–Trinajstić information content (AvgIpc) is 3.77. The maximum atomic E-state index is 5.05.